The van der Waals surface area contributed by atoms with Crippen LogP contribution < -0.4 is 10.0 Å². The summed E-state index contributed by atoms with van der Waals surface area (Å²) in [6.07, 6.45) is 0. The highest BCUT2D eigenvalue weighted by Crippen LogP contribution is 2.26. The number of nitrogens with zero attached hydrogens (tertiary/aromatic N) is 1. The number of rotatable bonds is 3. The molecular weight excluding hydrogens is 274 g/mol. The average molecular weight is 290 g/mol. The van der Waals surface area contributed by atoms with E-state index in [1.165, 1.54) is 4.31 Å². The Balaban J connectivity index is 2.22. The first kappa shape index (κ1) is 13.6. The largest absolute Gasteiger partial charge is 0.314 e. The molecule has 0 aliphatic carbocycles. The molecule has 0 radical (unpaired) electrons. The van der Waals surface area contributed by atoms with E-state index < -0.39 is 10.2 Å². The highest BCUT2D eigenvalue weighted by Gasteiger charge is 2.24. The van der Waals surface area contributed by atoms with Crippen LogP contribution in [0.25, 0.3) is 0 Å². The van der Waals surface area contributed by atoms with Crippen LogP contribution in [0.4, 0.5) is 5.69 Å². The van der Waals surface area contributed by atoms with Gasteiger partial charge in [0, 0.05) is 26.2 Å². The van der Waals surface area contributed by atoms with Crippen molar-refractivity contribution in [1.82, 2.24) is 9.62 Å². The molecule has 1 fully saturated rings. The van der Waals surface area contributed by atoms with Gasteiger partial charge < -0.3 is 5.32 Å². The lowest BCUT2D eigenvalue weighted by atomic mass is 10.2. The van der Waals surface area contributed by atoms with Gasteiger partial charge in [0.1, 0.15) is 0 Å². The van der Waals surface area contributed by atoms with Crippen molar-refractivity contribution >= 4 is 27.5 Å². The fourth-order valence-electron chi connectivity index (χ4n) is 1.84. The number of nitrogens with one attached hydrogen (secondary N) is 2. The maximum atomic E-state index is 12.2. The van der Waals surface area contributed by atoms with Crippen LogP contribution in [0, 0.1) is 6.92 Å². The maximum absolute atomic E-state index is 12.2. The van der Waals surface area contributed by atoms with Gasteiger partial charge >= 0.3 is 10.2 Å². The van der Waals surface area contributed by atoms with E-state index in [1.807, 2.05) is 13.0 Å². The van der Waals surface area contributed by atoms with Gasteiger partial charge in [0.15, 0.2) is 0 Å². The normalized spacial score (nSPS) is 17.7. The standard InChI is InChI=1S/C11H16ClN3O2S/c1-9-3-2-4-10(12)11(9)14-18(16,17)15-7-5-13-6-8-15/h2-4,13-14H,5-8H2,1H3. The zero-order valence-corrected chi connectivity index (χ0v) is 11.7. The molecule has 18 heavy (non-hydrogen) atoms. The highest BCUT2D eigenvalue weighted by molar-refractivity contribution is 7.90. The Morgan fingerprint density at radius 1 is 1.33 bits per heavy atom. The molecule has 1 aromatic rings. The van der Waals surface area contributed by atoms with Crippen molar-refractivity contribution in [3.05, 3.63) is 28.8 Å². The number of piperazine rings is 1. The summed E-state index contributed by atoms with van der Waals surface area (Å²) in [6, 6.07) is 5.28. The van der Waals surface area contributed by atoms with Gasteiger partial charge in [-0.2, -0.15) is 12.7 Å². The predicted octanol–water partition coefficient (Wildman–Crippen LogP) is 1.21. The first-order valence-electron chi connectivity index (χ1n) is 5.74. The fraction of sp³-hybridized carbons (Fsp3) is 0.455. The summed E-state index contributed by atoms with van der Waals surface area (Å²) >= 11 is 6.02. The Morgan fingerprint density at radius 3 is 2.61 bits per heavy atom. The van der Waals surface area contributed by atoms with Crippen LogP contribution in [0.1, 0.15) is 5.56 Å². The lowest BCUT2D eigenvalue weighted by molar-refractivity contribution is 0.362. The molecule has 0 aromatic heterocycles. The number of para-hydroxylation sites is 1. The van der Waals surface area contributed by atoms with E-state index in [0.29, 0.717) is 36.9 Å². The Labute approximate surface area is 112 Å². The number of hydrogen-bond acceptors (Lipinski definition) is 3. The zero-order valence-electron chi connectivity index (χ0n) is 10.1. The van der Waals surface area contributed by atoms with Crippen LogP contribution in [0.15, 0.2) is 18.2 Å². The van der Waals surface area contributed by atoms with E-state index in [1.54, 1.807) is 12.1 Å². The third-order valence-electron chi connectivity index (χ3n) is 2.87. The van der Waals surface area contributed by atoms with E-state index in [9.17, 15) is 8.42 Å². The molecule has 1 aromatic carbocycles. The summed E-state index contributed by atoms with van der Waals surface area (Å²) in [5, 5.41) is 3.52. The molecule has 0 bridgehead atoms. The molecule has 0 unspecified atom stereocenters. The molecule has 0 amide bonds. The predicted molar refractivity (Wildman–Crippen MR) is 73.2 cm³/mol. The van der Waals surface area contributed by atoms with Crippen molar-refractivity contribution in [3.63, 3.8) is 0 Å². The SMILES string of the molecule is Cc1cccc(Cl)c1NS(=O)(=O)N1CCNCC1. The van der Waals surface area contributed by atoms with Crippen LogP contribution >= 0.6 is 11.6 Å². The van der Waals surface area contributed by atoms with E-state index in [-0.39, 0.29) is 0 Å². The smallest absolute Gasteiger partial charge is 0.301 e. The quantitative estimate of drug-likeness (QED) is 0.879. The van der Waals surface area contributed by atoms with E-state index in [4.69, 9.17) is 11.6 Å². The van der Waals surface area contributed by atoms with Crippen molar-refractivity contribution in [2.45, 2.75) is 6.92 Å². The second-order valence-corrected chi connectivity index (χ2v) is 6.27. The minimum absolute atomic E-state index is 0.411. The van der Waals surface area contributed by atoms with Crippen molar-refractivity contribution in [1.29, 1.82) is 0 Å². The van der Waals surface area contributed by atoms with Crippen molar-refractivity contribution in [2.24, 2.45) is 0 Å². The highest BCUT2D eigenvalue weighted by atomic mass is 35.5. The van der Waals surface area contributed by atoms with Gasteiger partial charge in [0.2, 0.25) is 0 Å². The van der Waals surface area contributed by atoms with E-state index >= 15 is 0 Å². The summed E-state index contributed by atoms with van der Waals surface area (Å²) in [6.45, 7) is 4.10. The number of anilines is 1. The maximum Gasteiger partial charge on any atom is 0.301 e. The topological polar surface area (TPSA) is 61.4 Å². The van der Waals surface area contributed by atoms with Gasteiger partial charge in [-0.1, -0.05) is 23.7 Å². The molecular formula is C11H16ClN3O2S. The van der Waals surface area contributed by atoms with Gasteiger partial charge in [-0.3, -0.25) is 4.72 Å². The Morgan fingerprint density at radius 2 is 2.00 bits per heavy atom. The van der Waals surface area contributed by atoms with Crippen molar-refractivity contribution in [2.75, 3.05) is 30.9 Å². The Kier molecular flexibility index (Phi) is 4.11. The monoisotopic (exact) mass is 289 g/mol. The second-order valence-electron chi connectivity index (χ2n) is 4.19. The first-order valence-corrected chi connectivity index (χ1v) is 7.56. The lowest BCUT2D eigenvalue weighted by Crippen LogP contribution is -2.48. The van der Waals surface area contributed by atoms with Gasteiger partial charge in [-0.15, -0.1) is 0 Å². The summed E-state index contributed by atoms with van der Waals surface area (Å²) in [7, 11) is -3.52. The molecule has 1 aliphatic rings. The van der Waals surface area contributed by atoms with Gasteiger partial charge in [-0.25, -0.2) is 0 Å². The van der Waals surface area contributed by atoms with Gasteiger partial charge in [0.25, 0.3) is 0 Å². The van der Waals surface area contributed by atoms with Gasteiger partial charge in [0.05, 0.1) is 10.7 Å². The van der Waals surface area contributed by atoms with Gasteiger partial charge in [-0.05, 0) is 18.6 Å². The van der Waals surface area contributed by atoms with Crippen LogP contribution in [-0.2, 0) is 10.2 Å². The molecule has 2 N–H and O–H groups in total. The van der Waals surface area contributed by atoms with Crippen LogP contribution in [0.5, 0.6) is 0 Å². The molecule has 100 valence electrons. The third-order valence-corrected chi connectivity index (χ3v) is 4.69. The van der Waals surface area contributed by atoms with Crippen LogP contribution in [0.2, 0.25) is 5.02 Å². The van der Waals surface area contributed by atoms with E-state index in [0.717, 1.165) is 5.56 Å². The van der Waals surface area contributed by atoms with E-state index in [2.05, 4.69) is 10.0 Å². The first-order chi connectivity index (χ1) is 8.50. The Bertz CT molecular complexity index is 507. The summed E-state index contributed by atoms with van der Waals surface area (Å²) in [4.78, 5) is 0. The van der Waals surface area contributed by atoms with Crippen molar-refractivity contribution < 1.29 is 8.42 Å². The molecule has 0 atom stereocenters. The number of benzene rings is 1. The molecule has 1 aliphatic heterocycles. The summed E-state index contributed by atoms with van der Waals surface area (Å²) in [5.74, 6) is 0. The number of halogens is 1. The molecule has 1 heterocycles. The zero-order chi connectivity index (χ0) is 13.2. The fourth-order valence-corrected chi connectivity index (χ4v) is 3.49. The van der Waals surface area contributed by atoms with Crippen LogP contribution in [0.3, 0.4) is 0 Å². The average Bonchev–Trinajstić information content (AvgIpc) is 2.35. The minimum atomic E-state index is -3.52. The molecule has 7 heteroatoms. The lowest BCUT2D eigenvalue weighted by Gasteiger charge is -2.27. The number of hydrogen-bond donors (Lipinski definition) is 2. The molecule has 0 spiro atoms. The molecule has 2 rings (SSSR count). The molecule has 5 nitrogen and oxygen atoms in total. The molecule has 0 saturated carbocycles. The second kappa shape index (κ2) is 5.44. The Hall–Kier alpha value is -0.820. The summed E-state index contributed by atoms with van der Waals surface area (Å²) < 4.78 is 28.4. The molecule has 1 saturated heterocycles. The van der Waals surface area contributed by atoms with Crippen molar-refractivity contribution in [3.8, 4) is 0 Å². The summed E-state index contributed by atoms with van der Waals surface area (Å²) in [5.41, 5.74) is 1.26. The minimum Gasteiger partial charge on any atom is -0.314 e. The van der Waals surface area contributed by atoms with Crippen LogP contribution in [-0.4, -0.2) is 38.9 Å². The third kappa shape index (κ3) is 2.95. The number of aryl methyl sites for hydroxylation is 1.